The first-order valence-electron chi connectivity index (χ1n) is 11.0. The van der Waals surface area contributed by atoms with Crippen LogP contribution in [0.3, 0.4) is 0 Å². The molecule has 33 heavy (non-hydrogen) atoms. The van der Waals surface area contributed by atoms with Crippen molar-refractivity contribution in [2.45, 2.75) is 44.9 Å². The summed E-state index contributed by atoms with van der Waals surface area (Å²) in [4.78, 5) is 24.3. The molecule has 1 fully saturated rings. The summed E-state index contributed by atoms with van der Waals surface area (Å²) in [6, 6.07) is 8.18. The van der Waals surface area contributed by atoms with Gasteiger partial charge in [0.1, 0.15) is 36.3 Å². The predicted molar refractivity (Wildman–Crippen MR) is 123 cm³/mol. The van der Waals surface area contributed by atoms with Crippen molar-refractivity contribution < 1.29 is 27.8 Å². The second kappa shape index (κ2) is 12.3. The Hall–Kier alpha value is -2.18. The van der Waals surface area contributed by atoms with Gasteiger partial charge in [-0.15, -0.1) is 0 Å². The highest BCUT2D eigenvalue weighted by molar-refractivity contribution is 6.31. The van der Waals surface area contributed by atoms with Gasteiger partial charge in [0.2, 0.25) is 0 Å². The highest BCUT2D eigenvalue weighted by Crippen LogP contribution is 2.33. The molecule has 0 heterocycles. The zero-order valence-corrected chi connectivity index (χ0v) is 19.6. The average Bonchev–Trinajstić information content (AvgIpc) is 2.80. The molecule has 1 aliphatic rings. The van der Waals surface area contributed by atoms with Crippen LogP contribution in [-0.4, -0.2) is 24.8 Å². The summed E-state index contributed by atoms with van der Waals surface area (Å²) >= 11 is 11.3. The quantitative estimate of drug-likeness (QED) is 0.340. The molecule has 0 N–H and O–H groups in total. The van der Waals surface area contributed by atoms with E-state index >= 15 is 0 Å². The number of hydrogen-bond donors (Lipinski definition) is 0. The fourth-order valence-corrected chi connectivity index (χ4v) is 4.24. The third-order valence-electron chi connectivity index (χ3n) is 5.90. The predicted octanol–water partition coefficient (Wildman–Crippen LogP) is 6.84. The molecular formula is C25H26Cl2F2O4. The van der Waals surface area contributed by atoms with Crippen LogP contribution in [0.5, 0.6) is 11.5 Å². The number of carbonyl (C=O) groups is 2. The summed E-state index contributed by atoms with van der Waals surface area (Å²) in [6.07, 6.45) is 5.43. The Balaban J connectivity index is 1.29. The summed E-state index contributed by atoms with van der Waals surface area (Å²) in [5.74, 6) is 0.105. The van der Waals surface area contributed by atoms with E-state index in [9.17, 15) is 18.4 Å². The monoisotopic (exact) mass is 498 g/mol. The smallest absolute Gasteiger partial charge is 0.170 e. The van der Waals surface area contributed by atoms with Gasteiger partial charge in [-0.1, -0.05) is 36.0 Å². The summed E-state index contributed by atoms with van der Waals surface area (Å²) in [5, 5.41) is 0.0204. The molecule has 2 aromatic rings. The maximum atomic E-state index is 13.4. The molecule has 178 valence electrons. The number of ether oxygens (including phenoxy) is 2. The largest absolute Gasteiger partial charge is 0.486 e. The summed E-state index contributed by atoms with van der Waals surface area (Å²) in [5.41, 5.74) is 0. The van der Waals surface area contributed by atoms with E-state index < -0.39 is 11.6 Å². The molecule has 0 aliphatic heterocycles. The third kappa shape index (κ3) is 8.27. The highest BCUT2D eigenvalue weighted by Gasteiger charge is 2.24. The number of Topliss-reactive ketones (excluding diaryl/α,β-unsaturated/α-hetero) is 2. The molecule has 0 spiro atoms. The van der Waals surface area contributed by atoms with Crippen molar-refractivity contribution in [1.82, 2.24) is 0 Å². The second-order valence-corrected chi connectivity index (χ2v) is 9.25. The lowest BCUT2D eigenvalue weighted by Gasteiger charge is -2.28. The van der Waals surface area contributed by atoms with Gasteiger partial charge in [0.05, 0.1) is 10.0 Å². The van der Waals surface area contributed by atoms with E-state index in [-0.39, 0.29) is 46.3 Å². The van der Waals surface area contributed by atoms with Crippen molar-refractivity contribution in [1.29, 1.82) is 0 Å². The van der Waals surface area contributed by atoms with Gasteiger partial charge in [-0.05, 0) is 55.4 Å². The Morgan fingerprint density at radius 2 is 1.27 bits per heavy atom. The maximum Gasteiger partial charge on any atom is 0.170 e. The Morgan fingerprint density at radius 3 is 1.79 bits per heavy atom. The van der Waals surface area contributed by atoms with E-state index in [1.807, 2.05) is 0 Å². The van der Waals surface area contributed by atoms with E-state index in [0.717, 1.165) is 38.2 Å². The van der Waals surface area contributed by atoms with Crippen molar-refractivity contribution in [3.63, 3.8) is 0 Å². The van der Waals surface area contributed by atoms with Crippen molar-refractivity contribution in [2.24, 2.45) is 11.8 Å². The number of rotatable bonds is 11. The van der Waals surface area contributed by atoms with E-state index in [1.54, 1.807) is 0 Å². The van der Waals surface area contributed by atoms with E-state index in [4.69, 9.17) is 32.7 Å². The van der Waals surface area contributed by atoms with Crippen molar-refractivity contribution >= 4 is 34.8 Å². The molecule has 0 atom stereocenters. The molecule has 0 saturated heterocycles. The standard InChI is InChI=1S/C25H26Cl2F2O4/c26-22-9-7-20(12-24(22)28)32-14-18(30)6-5-16-1-3-17(4-2-16)11-19(31)15-33-21-8-10-23(27)25(29)13-21/h7-10,12-13,16-17H,1-6,11,14-15H2. The van der Waals surface area contributed by atoms with Gasteiger partial charge in [0.25, 0.3) is 0 Å². The molecule has 4 nitrogen and oxygen atoms in total. The Kier molecular flexibility index (Phi) is 9.51. The van der Waals surface area contributed by atoms with Crippen molar-refractivity contribution in [3.05, 3.63) is 58.1 Å². The van der Waals surface area contributed by atoms with Crippen molar-refractivity contribution in [3.8, 4) is 11.5 Å². The molecule has 8 heteroatoms. The van der Waals surface area contributed by atoms with Crippen LogP contribution >= 0.6 is 23.2 Å². The average molecular weight is 499 g/mol. The molecule has 2 aromatic carbocycles. The SMILES string of the molecule is O=C(CCC1CCC(CC(=O)COc2ccc(Cl)c(F)c2)CC1)COc1ccc(Cl)c(F)c1. The van der Waals surface area contributed by atoms with Gasteiger partial charge in [-0.2, -0.15) is 0 Å². The zero-order valence-electron chi connectivity index (χ0n) is 18.1. The third-order valence-corrected chi connectivity index (χ3v) is 6.51. The molecule has 0 radical (unpaired) electrons. The first kappa shape index (κ1) is 25.4. The Morgan fingerprint density at radius 1 is 0.788 bits per heavy atom. The topological polar surface area (TPSA) is 52.6 Å². The van der Waals surface area contributed by atoms with Crippen LogP contribution in [-0.2, 0) is 9.59 Å². The van der Waals surface area contributed by atoms with Crippen LogP contribution < -0.4 is 9.47 Å². The first-order valence-corrected chi connectivity index (χ1v) is 11.7. The Labute approximate surface area is 202 Å². The maximum absolute atomic E-state index is 13.4. The van der Waals surface area contributed by atoms with Gasteiger partial charge in [0, 0.05) is 25.0 Å². The Bertz CT molecular complexity index is 975. The zero-order chi connectivity index (χ0) is 23.8. The van der Waals surface area contributed by atoms with E-state index in [0.29, 0.717) is 24.7 Å². The van der Waals surface area contributed by atoms with Crippen LogP contribution in [0.1, 0.15) is 44.9 Å². The minimum absolute atomic E-state index is 0.00968. The highest BCUT2D eigenvalue weighted by atomic mass is 35.5. The molecule has 1 saturated carbocycles. The minimum Gasteiger partial charge on any atom is -0.486 e. The second-order valence-electron chi connectivity index (χ2n) is 8.44. The molecule has 0 bridgehead atoms. The fraction of sp³-hybridized carbons (Fsp3) is 0.440. The number of ketones is 2. The fourth-order valence-electron chi connectivity index (χ4n) is 4.00. The van der Waals surface area contributed by atoms with Crippen LogP contribution in [0.15, 0.2) is 36.4 Å². The van der Waals surface area contributed by atoms with Crippen LogP contribution in [0.2, 0.25) is 10.0 Å². The van der Waals surface area contributed by atoms with Crippen LogP contribution in [0, 0.1) is 23.5 Å². The summed E-state index contributed by atoms with van der Waals surface area (Å²) in [7, 11) is 0. The van der Waals surface area contributed by atoms with Crippen molar-refractivity contribution in [2.75, 3.05) is 13.2 Å². The van der Waals surface area contributed by atoms with Gasteiger partial charge in [-0.25, -0.2) is 8.78 Å². The van der Waals surface area contributed by atoms with Crippen LogP contribution in [0.25, 0.3) is 0 Å². The number of hydrogen-bond acceptors (Lipinski definition) is 4. The van der Waals surface area contributed by atoms with Crippen LogP contribution in [0.4, 0.5) is 8.78 Å². The molecule has 0 amide bonds. The molecule has 0 unspecified atom stereocenters. The van der Waals surface area contributed by atoms with E-state index in [1.165, 1.54) is 30.3 Å². The molecule has 3 rings (SSSR count). The van der Waals surface area contributed by atoms with E-state index in [2.05, 4.69) is 0 Å². The van der Waals surface area contributed by atoms with Gasteiger partial charge >= 0.3 is 0 Å². The first-order chi connectivity index (χ1) is 15.8. The lowest BCUT2D eigenvalue weighted by Crippen LogP contribution is -2.21. The van der Waals surface area contributed by atoms with Gasteiger partial charge < -0.3 is 9.47 Å². The number of benzene rings is 2. The number of halogens is 4. The normalized spacial score (nSPS) is 18.1. The lowest BCUT2D eigenvalue weighted by atomic mass is 9.78. The molecular weight excluding hydrogens is 473 g/mol. The van der Waals surface area contributed by atoms with Gasteiger partial charge in [0.15, 0.2) is 11.6 Å². The number of carbonyl (C=O) groups excluding carboxylic acids is 2. The summed E-state index contributed by atoms with van der Waals surface area (Å²) in [6.45, 7) is -0.185. The molecule has 1 aliphatic carbocycles. The lowest BCUT2D eigenvalue weighted by molar-refractivity contribution is -0.122. The minimum atomic E-state index is -0.581. The summed E-state index contributed by atoms with van der Waals surface area (Å²) < 4.78 is 37.6. The van der Waals surface area contributed by atoms with Gasteiger partial charge in [-0.3, -0.25) is 9.59 Å². The molecule has 0 aromatic heterocycles.